The first-order valence-electron chi connectivity index (χ1n) is 14.3. The summed E-state index contributed by atoms with van der Waals surface area (Å²) in [6.45, 7) is 4.01. The number of likely N-dealkylation sites (tertiary alicyclic amines) is 1. The van der Waals surface area contributed by atoms with Crippen molar-refractivity contribution < 1.29 is 22.4 Å². The molecule has 3 aliphatic rings. The summed E-state index contributed by atoms with van der Waals surface area (Å²) in [4.78, 5) is 16.4. The Morgan fingerprint density at radius 3 is 2.54 bits per heavy atom. The van der Waals surface area contributed by atoms with Gasteiger partial charge in [-0.1, -0.05) is 73.7 Å². The number of alkyl halides is 3. The van der Waals surface area contributed by atoms with Crippen molar-refractivity contribution in [3.63, 3.8) is 0 Å². The lowest BCUT2D eigenvalue weighted by molar-refractivity contribution is -0.137. The zero-order valence-electron chi connectivity index (χ0n) is 23.1. The van der Waals surface area contributed by atoms with E-state index in [-0.39, 0.29) is 29.5 Å². The molecule has 3 aromatic carbocycles. The smallest absolute Gasteiger partial charge is 0.351 e. The molecule has 0 aromatic heterocycles. The van der Waals surface area contributed by atoms with E-state index in [0.717, 1.165) is 43.6 Å². The molecule has 1 spiro atoms. The fourth-order valence-corrected chi connectivity index (χ4v) is 7.51. The van der Waals surface area contributed by atoms with Gasteiger partial charge in [-0.3, -0.25) is 9.69 Å². The highest BCUT2D eigenvalue weighted by Gasteiger charge is 2.50. The van der Waals surface area contributed by atoms with Crippen molar-refractivity contribution in [3.8, 4) is 0 Å². The van der Waals surface area contributed by atoms with Crippen molar-refractivity contribution in [2.75, 3.05) is 13.1 Å². The third kappa shape index (κ3) is 4.99. The molecule has 3 aromatic rings. The molecule has 0 bridgehead atoms. The number of piperidine rings is 1. The number of hydrogen-bond acceptors (Lipinski definition) is 2. The van der Waals surface area contributed by atoms with E-state index in [0.29, 0.717) is 24.8 Å². The van der Waals surface area contributed by atoms with Gasteiger partial charge in [-0.2, -0.15) is 13.2 Å². The molecule has 4 atom stereocenters. The number of hydrogen-bond donors (Lipinski definition) is 1. The summed E-state index contributed by atoms with van der Waals surface area (Å²) in [6.07, 6.45) is 3.11. The molecule has 7 heteroatoms. The largest absolute Gasteiger partial charge is 0.416 e. The molecule has 2 aliphatic carbocycles. The van der Waals surface area contributed by atoms with Gasteiger partial charge in [0, 0.05) is 24.5 Å². The molecule has 2 fully saturated rings. The van der Waals surface area contributed by atoms with Crippen LogP contribution in [0.2, 0.25) is 0 Å². The second kappa shape index (κ2) is 10.4. The SMILES string of the molecule is C[C@H]1CN(C2CCC(C(=O)NCc3cc(F)cc(C(F)(F)F)c3)(c3ccccc3)C2)CC[C@@]12C=Cc1ccccc12. The lowest BCUT2D eigenvalue weighted by atomic mass is 9.67. The summed E-state index contributed by atoms with van der Waals surface area (Å²) in [5, 5.41) is 2.87. The Balaban J connectivity index is 1.20. The fourth-order valence-electron chi connectivity index (χ4n) is 7.51. The minimum atomic E-state index is -4.66. The highest BCUT2D eigenvalue weighted by atomic mass is 19.4. The van der Waals surface area contributed by atoms with E-state index in [1.807, 2.05) is 30.3 Å². The third-order valence-corrected chi connectivity index (χ3v) is 9.73. The lowest BCUT2D eigenvalue weighted by Gasteiger charge is -2.46. The Bertz CT molecular complexity index is 1470. The van der Waals surface area contributed by atoms with Crippen molar-refractivity contribution in [1.82, 2.24) is 10.2 Å². The first-order chi connectivity index (χ1) is 19.6. The van der Waals surface area contributed by atoms with Gasteiger partial charge in [0.25, 0.3) is 0 Å². The van der Waals surface area contributed by atoms with Gasteiger partial charge in [0.15, 0.2) is 0 Å². The topological polar surface area (TPSA) is 32.3 Å². The van der Waals surface area contributed by atoms with Crippen LogP contribution in [0.25, 0.3) is 6.08 Å². The Morgan fingerprint density at radius 1 is 1.02 bits per heavy atom. The van der Waals surface area contributed by atoms with Crippen LogP contribution >= 0.6 is 0 Å². The Labute approximate surface area is 238 Å². The number of fused-ring (bicyclic) bond motifs is 2. The van der Waals surface area contributed by atoms with E-state index >= 15 is 0 Å². The van der Waals surface area contributed by atoms with Crippen LogP contribution in [0.15, 0.2) is 78.9 Å². The van der Waals surface area contributed by atoms with Crippen LogP contribution in [-0.4, -0.2) is 29.9 Å². The van der Waals surface area contributed by atoms with Gasteiger partial charge in [0.05, 0.1) is 11.0 Å². The van der Waals surface area contributed by atoms with E-state index in [4.69, 9.17) is 0 Å². The lowest BCUT2D eigenvalue weighted by Crippen LogP contribution is -2.51. The first-order valence-corrected chi connectivity index (χ1v) is 14.3. The predicted molar refractivity (Wildman–Crippen MR) is 152 cm³/mol. The minimum Gasteiger partial charge on any atom is -0.351 e. The highest BCUT2D eigenvalue weighted by molar-refractivity contribution is 5.88. The zero-order valence-corrected chi connectivity index (χ0v) is 23.1. The number of benzene rings is 3. The maximum absolute atomic E-state index is 14.0. The molecule has 1 saturated carbocycles. The molecule has 1 amide bonds. The van der Waals surface area contributed by atoms with Crippen LogP contribution in [0.5, 0.6) is 0 Å². The Morgan fingerprint density at radius 2 is 1.78 bits per heavy atom. The summed E-state index contributed by atoms with van der Waals surface area (Å²) in [7, 11) is 0. The average molecular weight is 563 g/mol. The molecular weight excluding hydrogens is 528 g/mol. The first kappa shape index (κ1) is 27.7. The van der Waals surface area contributed by atoms with Crippen molar-refractivity contribution in [2.24, 2.45) is 5.92 Å². The number of carbonyl (C=O) groups excluding carboxylic acids is 1. The fraction of sp³-hybridized carbons (Fsp3) is 0.382. The van der Waals surface area contributed by atoms with Gasteiger partial charge in [0.1, 0.15) is 5.82 Å². The average Bonchev–Trinajstić information content (AvgIpc) is 3.57. The molecule has 0 radical (unpaired) electrons. The van der Waals surface area contributed by atoms with Gasteiger partial charge in [0.2, 0.25) is 5.91 Å². The van der Waals surface area contributed by atoms with Gasteiger partial charge in [-0.15, -0.1) is 0 Å². The number of amides is 1. The van der Waals surface area contributed by atoms with Crippen LogP contribution in [0.3, 0.4) is 0 Å². The zero-order chi connectivity index (χ0) is 28.8. The molecule has 1 aliphatic heterocycles. The number of halogens is 4. The van der Waals surface area contributed by atoms with Crippen LogP contribution in [0.1, 0.15) is 60.4 Å². The molecular formula is C34H34F4N2O. The molecule has 41 heavy (non-hydrogen) atoms. The third-order valence-electron chi connectivity index (χ3n) is 9.73. The molecule has 1 saturated heterocycles. The van der Waals surface area contributed by atoms with Crippen molar-refractivity contribution >= 4 is 12.0 Å². The van der Waals surface area contributed by atoms with Crippen LogP contribution in [0.4, 0.5) is 17.6 Å². The van der Waals surface area contributed by atoms with Gasteiger partial charge >= 0.3 is 6.18 Å². The summed E-state index contributed by atoms with van der Waals surface area (Å²) < 4.78 is 53.7. The van der Waals surface area contributed by atoms with E-state index in [2.05, 4.69) is 53.6 Å². The second-order valence-corrected chi connectivity index (χ2v) is 12.0. The van der Waals surface area contributed by atoms with Gasteiger partial charge < -0.3 is 5.32 Å². The number of carbonyl (C=O) groups is 1. The molecule has 1 heterocycles. The Hall–Kier alpha value is -3.45. The summed E-state index contributed by atoms with van der Waals surface area (Å²) in [6, 6.07) is 20.9. The van der Waals surface area contributed by atoms with Crippen LogP contribution < -0.4 is 5.32 Å². The number of nitrogens with one attached hydrogen (secondary N) is 1. The Kier molecular flexibility index (Phi) is 7.05. The quantitative estimate of drug-likeness (QED) is 0.332. The second-order valence-electron chi connectivity index (χ2n) is 12.0. The van der Waals surface area contributed by atoms with Crippen LogP contribution in [0, 0.1) is 11.7 Å². The van der Waals surface area contributed by atoms with Gasteiger partial charge in [-0.25, -0.2) is 4.39 Å². The molecule has 6 rings (SSSR count). The number of rotatable bonds is 5. The maximum Gasteiger partial charge on any atom is 0.416 e. The predicted octanol–water partition coefficient (Wildman–Crippen LogP) is 7.26. The molecule has 214 valence electrons. The van der Waals surface area contributed by atoms with E-state index < -0.39 is 23.0 Å². The molecule has 2 unspecified atom stereocenters. The summed E-state index contributed by atoms with van der Waals surface area (Å²) in [5.41, 5.74) is 1.88. The monoisotopic (exact) mass is 562 g/mol. The standard InChI is InChI=1S/C34H34F4N2O/c1-23-22-40(16-15-32(23)13-11-25-7-5-6-10-30(25)32)29-12-14-33(20-29,26-8-3-2-4-9-26)31(41)39-21-24-17-27(34(36,37)38)19-28(35)18-24/h2-11,13,17-19,23,29H,12,14-16,20-22H2,1H3,(H,39,41)/t23-,29?,32-,33?/m0/s1. The van der Waals surface area contributed by atoms with Crippen molar-refractivity contribution in [2.45, 2.75) is 62.2 Å². The van der Waals surface area contributed by atoms with Crippen molar-refractivity contribution in [3.05, 3.63) is 113 Å². The number of nitrogens with zero attached hydrogens (tertiary/aromatic N) is 1. The maximum atomic E-state index is 14.0. The van der Waals surface area contributed by atoms with Crippen molar-refractivity contribution in [1.29, 1.82) is 0 Å². The molecule has 3 nitrogen and oxygen atoms in total. The highest BCUT2D eigenvalue weighted by Crippen LogP contribution is 2.49. The van der Waals surface area contributed by atoms with E-state index in [1.54, 1.807) is 0 Å². The normalized spacial score (nSPS) is 27.7. The van der Waals surface area contributed by atoms with Gasteiger partial charge in [-0.05, 0) is 78.6 Å². The number of allylic oxidation sites excluding steroid dienone is 1. The summed E-state index contributed by atoms with van der Waals surface area (Å²) in [5.74, 6) is -0.787. The summed E-state index contributed by atoms with van der Waals surface area (Å²) >= 11 is 0. The van der Waals surface area contributed by atoms with Crippen LogP contribution in [-0.2, 0) is 28.3 Å². The van der Waals surface area contributed by atoms with E-state index in [1.165, 1.54) is 11.1 Å². The van der Waals surface area contributed by atoms with E-state index in [9.17, 15) is 22.4 Å². The molecule has 1 N–H and O–H groups in total. The minimum absolute atomic E-state index is 0.0415.